The van der Waals surface area contributed by atoms with Crippen molar-refractivity contribution in [2.24, 2.45) is 5.73 Å². The lowest BCUT2D eigenvalue weighted by Gasteiger charge is -2.31. The van der Waals surface area contributed by atoms with E-state index in [0.717, 1.165) is 41.8 Å². The van der Waals surface area contributed by atoms with Crippen molar-refractivity contribution in [3.8, 4) is 16.8 Å². The van der Waals surface area contributed by atoms with Gasteiger partial charge in [-0.25, -0.2) is 0 Å². The van der Waals surface area contributed by atoms with E-state index < -0.39 is 11.8 Å². The summed E-state index contributed by atoms with van der Waals surface area (Å²) in [5, 5.41) is 11.2. The Balaban J connectivity index is 0.00000384. The molecule has 10 nitrogen and oxygen atoms in total. The number of amides is 2. The highest BCUT2D eigenvalue weighted by atomic mass is 35.5. The number of carbonyl (C=O) groups is 2. The number of nitrogens with zero attached hydrogens (tertiary/aromatic N) is 5. The number of H-pyrrole nitrogens is 1. The number of hydrogen-bond donors (Lipinski definition) is 2. The average Bonchev–Trinajstić information content (AvgIpc) is 3.59. The highest BCUT2D eigenvalue weighted by molar-refractivity contribution is 6.34. The van der Waals surface area contributed by atoms with Gasteiger partial charge in [0.25, 0.3) is 6.33 Å². The van der Waals surface area contributed by atoms with E-state index in [2.05, 4.69) is 76.2 Å². The zero-order chi connectivity index (χ0) is 29.8. The van der Waals surface area contributed by atoms with Crippen LogP contribution in [0.1, 0.15) is 47.1 Å². The number of benzene rings is 3. The lowest BCUT2D eigenvalue weighted by molar-refractivity contribution is -0.659. The van der Waals surface area contributed by atoms with Crippen LogP contribution in [0, 0.1) is 0 Å². The lowest BCUT2D eigenvalue weighted by atomic mass is 9.84. The lowest BCUT2D eigenvalue weighted by Crippen LogP contribution is -2.44. The van der Waals surface area contributed by atoms with Crippen LogP contribution in [0.2, 0.25) is 5.02 Å². The molecule has 44 heavy (non-hydrogen) atoms. The Kier molecular flexibility index (Phi) is 9.42. The second-order valence-corrected chi connectivity index (χ2v) is 11.2. The van der Waals surface area contributed by atoms with Gasteiger partial charge >= 0.3 is 11.8 Å². The Morgan fingerprint density at radius 3 is 2.48 bits per heavy atom. The van der Waals surface area contributed by atoms with E-state index in [9.17, 15) is 9.59 Å². The number of rotatable bonds is 7. The fraction of sp³-hybridized carbons (Fsp3) is 0.212. The zero-order valence-electron chi connectivity index (χ0n) is 23.9. The molecular formula is C33H32ClN7O3. The molecule has 224 valence electrons. The molecule has 1 saturated heterocycles. The van der Waals surface area contributed by atoms with Crippen molar-refractivity contribution in [3.63, 3.8) is 0 Å². The minimum atomic E-state index is -0.897. The van der Waals surface area contributed by atoms with Crippen LogP contribution in [0.3, 0.4) is 0 Å². The first-order chi connectivity index (χ1) is 21.0. The first kappa shape index (κ1) is 30.5. The summed E-state index contributed by atoms with van der Waals surface area (Å²) >= 11 is 6.39. The van der Waals surface area contributed by atoms with Gasteiger partial charge in [0.1, 0.15) is 10.8 Å². The second-order valence-electron chi connectivity index (χ2n) is 10.8. The maximum Gasteiger partial charge on any atom is 0.311 e. The largest absolute Gasteiger partial charge is 0.870 e. The van der Waals surface area contributed by atoms with Gasteiger partial charge < -0.3 is 16.1 Å². The SMILES string of the molecule is NC(=O)C(=O)N1CCC(c2cccc([C@H](Cc3ccccc3)c3ccc(-c4cc(Cl)ccc4-[n+]4cnn[nH]4)cn3)c2)CC1.[OH-]. The maximum atomic E-state index is 12.1. The number of nitrogens with one attached hydrogen (secondary N) is 1. The summed E-state index contributed by atoms with van der Waals surface area (Å²) in [7, 11) is 0. The van der Waals surface area contributed by atoms with E-state index in [1.54, 1.807) is 15.9 Å². The van der Waals surface area contributed by atoms with E-state index >= 15 is 0 Å². The first-order valence-electron chi connectivity index (χ1n) is 14.2. The van der Waals surface area contributed by atoms with E-state index in [4.69, 9.17) is 22.3 Å². The molecule has 1 fully saturated rings. The number of carbonyl (C=O) groups excluding carboxylic acids is 2. The molecule has 2 amide bonds. The van der Waals surface area contributed by atoms with Crippen molar-refractivity contribution >= 4 is 23.4 Å². The number of halogens is 1. The third-order valence-electron chi connectivity index (χ3n) is 8.11. The fourth-order valence-electron chi connectivity index (χ4n) is 5.86. The van der Waals surface area contributed by atoms with Crippen LogP contribution in [0.25, 0.3) is 16.8 Å². The standard InChI is InChI=1S/C33H30ClN7O2.H2O/c34-27-10-12-31(41-21-37-38-39-41)29(19-27)26-9-11-30(36-20-26)28(17-22-5-2-1-3-6-22)25-8-4-7-24(18-25)23-13-15-40(16-14-23)33(43)32(35)42;/h1-12,18-21,23,28H,13-17H2,(H2,35,42);1H2/t28-;/m0./s1. The van der Waals surface area contributed by atoms with Gasteiger partial charge in [0.05, 0.1) is 0 Å². The summed E-state index contributed by atoms with van der Waals surface area (Å²) in [5.74, 6) is -1.18. The van der Waals surface area contributed by atoms with Gasteiger partial charge in [0, 0.05) is 47.0 Å². The predicted molar refractivity (Wildman–Crippen MR) is 164 cm³/mol. The molecule has 1 atom stereocenters. The predicted octanol–water partition coefficient (Wildman–Crippen LogP) is 4.19. The van der Waals surface area contributed by atoms with Crippen molar-refractivity contribution in [2.45, 2.75) is 31.1 Å². The summed E-state index contributed by atoms with van der Waals surface area (Å²) < 4.78 is 1.73. The molecule has 5 aromatic rings. The normalized spacial score (nSPS) is 14.1. The van der Waals surface area contributed by atoms with E-state index in [0.29, 0.717) is 24.0 Å². The fourth-order valence-corrected chi connectivity index (χ4v) is 6.03. The molecule has 3 aromatic carbocycles. The molecule has 1 aliphatic heterocycles. The van der Waals surface area contributed by atoms with Gasteiger partial charge in [0.15, 0.2) is 5.21 Å². The van der Waals surface area contributed by atoms with Crippen LogP contribution < -0.4 is 10.4 Å². The quantitative estimate of drug-likeness (QED) is 0.209. The summed E-state index contributed by atoms with van der Waals surface area (Å²) in [6.45, 7) is 1.04. The van der Waals surface area contributed by atoms with Crippen LogP contribution >= 0.6 is 11.6 Å². The number of pyridine rings is 1. The average molecular weight is 610 g/mol. The topological polar surface area (TPSA) is 152 Å². The van der Waals surface area contributed by atoms with Crippen molar-refractivity contribution in [2.75, 3.05) is 13.1 Å². The number of aromatic amines is 1. The van der Waals surface area contributed by atoms with Gasteiger partial charge in [-0.1, -0.05) is 77.5 Å². The van der Waals surface area contributed by atoms with Crippen LogP contribution in [0.4, 0.5) is 0 Å². The van der Waals surface area contributed by atoms with Crippen molar-refractivity contribution < 1.29 is 19.7 Å². The Morgan fingerprint density at radius 1 is 1.00 bits per heavy atom. The van der Waals surface area contributed by atoms with Gasteiger partial charge in [-0.3, -0.25) is 14.6 Å². The Morgan fingerprint density at radius 2 is 1.80 bits per heavy atom. The molecule has 6 rings (SSSR count). The number of nitrogens with two attached hydrogens (primary N) is 1. The highest BCUT2D eigenvalue weighted by Gasteiger charge is 2.27. The maximum absolute atomic E-state index is 12.1. The monoisotopic (exact) mass is 609 g/mol. The van der Waals surface area contributed by atoms with Crippen LogP contribution in [-0.4, -0.2) is 55.8 Å². The molecule has 1 aliphatic rings. The van der Waals surface area contributed by atoms with E-state index in [1.165, 1.54) is 16.7 Å². The Labute approximate surface area is 259 Å². The number of hydrogen-bond acceptors (Lipinski definition) is 6. The van der Waals surface area contributed by atoms with Gasteiger partial charge in [-0.05, 0) is 66.1 Å². The third kappa shape index (κ3) is 6.66. The minimum absolute atomic E-state index is 0. The molecule has 2 aromatic heterocycles. The Hall–Kier alpha value is -4.93. The van der Waals surface area contributed by atoms with Crippen LogP contribution in [-0.2, 0) is 16.0 Å². The first-order valence-corrected chi connectivity index (χ1v) is 14.6. The third-order valence-corrected chi connectivity index (χ3v) is 8.34. The Bertz CT molecular complexity index is 1720. The number of likely N-dealkylation sites (tertiary alicyclic amines) is 1. The minimum Gasteiger partial charge on any atom is -0.870 e. The molecule has 3 heterocycles. The van der Waals surface area contributed by atoms with Crippen molar-refractivity contribution in [3.05, 3.63) is 125 Å². The summed E-state index contributed by atoms with van der Waals surface area (Å²) in [6.07, 6.45) is 5.86. The summed E-state index contributed by atoms with van der Waals surface area (Å²) in [4.78, 5) is 29.9. The molecule has 0 spiro atoms. The van der Waals surface area contributed by atoms with Crippen LogP contribution in [0.15, 0.2) is 97.5 Å². The van der Waals surface area contributed by atoms with E-state index in [1.807, 2.05) is 30.5 Å². The molecule has 0 radical (unpaired) electrons. The summed E-state index contributed by atoms with van der Waals surface area (Å²) in [6, 6.07) is 28.9. The molecule has 11 heteroatoms. The molecule has 4 N–H and O–H groups in total. The van der Waals surface area contributed by atoms with Gasteiger partial charge in [0.2, 0.25) is 0 Å². The zero-order valence-corrected chi connectivity index (χ0v) is 24.6. The van der Waals surface area contributed by atoms with Gasteiger partial charge in [-0.2, -0.15) is 0 Å². The smallest absolute Gasteiger partial charge is 0.311 e. The number of primary amides is 1. The van der Waals surface area contributed by atoms with Crippen molar-refractivity contribution in [1.29, 1.82) is 0 Å². The number of aromatic nitrogens is 5. The number of piperidine rings is 1. The van der Waals surface area contributed by atoms with Crippen molar-refractivity contribution in [1.82, 2.24) is 25.4 Å². The molecule has 0 aliphatic carbocycles. The molecule has 0 unspecified atom stereocenters. The second kappa shape index (κ2) is 13.6. The molecular weight excluding hydrogens is 578 g/mol. The molecule has 0 bridgehead atoms. The number of tetrazole rings is 1. The summed E-state index contributed by atoms with van der Waals surface area (Å²) in [5.41, 5.74) is 12.5. The van der Waals surface area contributed by atoms with Gasteiger partial charge in [-0.15, -0.1) is 4.68 Å². The van der Waals surface area contributed by atoms with Crippen LogP contribution in [0.5, 0.6) is 0 Å². The van der Waals surface area contributed by atoms with E-state index in [-0.39, 0.29) is 11.4 Å². The highest BCUT2D eigenvalue weighted by Crippen LogP contribution is 2.34. The molecule has 0 saturated carbocycles.